The van der Waals surface area contributed by atoms with Gasteiger partial charge in [0.15, 0.2) is 6.54 Å². The molecule has 0 aromatic heterocycles. The van der Waals surface area contributed by atoms with Crippen molar-refractivity contribution >= 4 is 29.1 Å². The maximum absolute atomic E-state index is 11.7. The van der Waals surface area contributed by atoms with E-state index >= 15 is 0 Å². The van der Waals surface area contributed by atoms with Gasteiger partial charge in [-0.3, -0.25) is 4.79 Å². The van der Waals surface area contributed by atoms with Crippen molar-refractivity contribution in [2.75, 3.05) is 6.54 Å². The third-order valence-electron chi connectivity index (χ3n) is 2.58. The van der Waals surface area contributed by atoms with Crippen LogP contribution in [0.4, 0.5) is 0 Å². The first kappa shape index (κ1) is 15.3. The molecule has 0 spiro atoms. The van der Waals surface area contributed by atoms with Crippen LogP contribution in [0.15, 0.2) is 18.2 Å². The summed E-state index contributed by atoms with van der Waals surface area (Å²) < 4.78 is 0. The summed E-state index contributed by atoms with van der Waals surface area (Å²) in [4.78, 5) is 11.7. The Bertz CT molecular complexity index is 421. The number of halogens is 2. The van der Waals surface area contributed by atoms with E-state index in [1.165, 1.54) is 0 Å². The summed E-state index contributed by atoms with van der Waals surface area (Å²) in [5, 5.41) is 6.06. The van der Waals surface area contributed by atoms with Crippen molar-refractivity contribution < 1.29 is 10.1 Å². The van der Waals surface area contributed by atoms with Gasteiger partial charge in [0.2, 0.25) is 0 Å². The highest BCUT2D eigenvalue weighted by molar-refractivity contribution is 6.35. The summed E-state index contributed by atoms with van der Waals surface area (Å²) in [6.07, 6.45) is 0. The lowest BCUT2D eigenvalue weighted by molar-refractivity contribution is -0.672. The Kier molecular flexibility index (Phi) is 5.93. The number of quaternary nitrogens is 1. The van der Waals surface area contributed by atoms with Crippen LogP contribution >= 0.6 is 23.2 Å². The second-order valence-electron chi connectivity index (χ2n) is 4.64. The zero-order valence-corrected chi connectivity index (χ0v) is 12.3. The van der Waals surface area contributed by atoms with E-state index in [1.807, 2.05) is 32.2 Å². The predicted octanol–water partition coefficient (Wildman–Crippen LogP) is 2.14. The molecule has 1 amide bonds. The van der Waals surface area contributed by atoms with Gasteiger partial charge in [-0.25, -0.2) is 0 Å². The summed E-state index contributed by atoms with van der Waals surface area (Å²) >= 11 is 11.9. The minimum atomic E-state index is -0.122. The van der Waals surface area contributed by atoms with Crippen LogP contribution in [0.1, 0.15) is 32.4 Å². The van der Waals surface area contributed by atoms with Gasteiger partial charge in [-0.15, -0.1) is 0 Å². The first-order valence-electron chi connectivity index (χ1n) is 5.97. The number of benzene rings is 1. The Morgan fingerprint density at radius 3 is 2.56 bits per heavy atom. The van der Waals surface area contributed by atoms with E-state index in [1.54, 1.807) is 12.1 Å². The largest absolute Gasteiger partial charge is 0.345 e. The molecular weight excluding hydrogens is 271 g/mol. The number of nitrogens with two attached hydrogens (primary N) is 1. The predicted molar refractivity (Wildman–Crippen MR) is 74.9 cm³/mol. The standard InChI is InChI=1S/C13H18Cl2N2O/c1-8(2)16-7-13(18)17-9(3)11-5-4-10(14)6-12(11)15/h4-6,8-9,16H,7H2,1-3H3,(H,17,18)/p+1/t9-/m1/s1. The molecule has 0 heterocycles. The Hall–Kier alpha value is -0.770. The minimum absolute atomic E-state index is 0.00205. The third-order valence-corrected chi connectivity index (χ3v) is 3.14. The van der Waals surface area contributed by atoms with Gasteiger partial charge in [0.25, 0.3) is 5.91 Å². The van der Waals surface area contributed by atoms with Gasteiger partial charge >= 0.3 is 0 Å². The average molecular weight is 290 g/mol. The van der Waals surface area contributed by atoms with Gasteiger partial charge in [-0.2, -0.15) is 0 Å². The van der Waals surface area contributed by atoms with Crippen molar-refractivity contribution in [3.8, 4) is 0 Å². The Morgan fingerprint density at radius 1 is 1.33 bits per heavy atom. The fourth-order valence-electron chi connectivity index (χ4n) is 1.57. The van der Waals surface area contributed by atoms with Crippen LogP contribution in [0.5, 0.6) is 0 Å². The molecule has 0 fully saturated rings. The summed E-state index contributed by atoms with van der Waals surface area (Å²) in [5.41, 5.74) is 0.874. The van der Waals surface area contributed by atoms with E-state index in [-0.39, 0.29) is 11.9 Å². The van der Waals surface area contributed by atoms with E-state index in [9.17, 15) is 4.79 Å². The lowest BCUT2D eigenvalue weighted by atomic mass is 10.1. The third kappa shape index (κ3) is 4.84. The molecule has 0 aliphatic heterocycles. The van der Waals surface area contributed by atoms with E-state index in [2.05, 4.69) is 5.32 Å². The van der Waals surface area contributed by atoms with Crippen LogP contribution in [0.25, 0.3) is 0 Å². The molecule has 5 heteroatoms. The molecule has 0 unspecified atom stereocenters. The number of amides is 1. The van der Waals surface area contributed by atoms with Crippen LogP contribution < -0.4 is 10.6 Å². The molecule has 0 aliphatic carbocycles. The molecule has 1 aromatic carbocycles. The monoisotopic (exact) mass is 289 g/mol. The Labute approximate surface area is 118 Å². The van der Waals surface area contributed by atoms with Crippen LogP contribution in [-0.4, -0.2) is 18.5 Å². The van der Waals surface area contributed by atoms with E-state index < -0.39 is 0 Å². The van der Waals surface area contributed by atoms with E-state index in [4.69, 9.17) is 23.2 Å². The maximum atomic E-state index is 11.7. The average Bonchev–Trinajstić information content (AvgIpc) is 2.26. The smallest absolute Gasteiger partial charge is 0.275 e. The Morgan fingerprint density at radius 2 is 2.00 bits per heavy atom. The summed E-state index contributed by atoms with van der Waals surface area (Å²) in [7, 11) is 0. The first-order chi connectivity index (χ1) is 8.40. The zero-order valence-electron chi connectivity index (χ0n) is 10.8. The Balaban J connectivity index is 2.59. The number of rotatable bonds is 5. The lowest BCUT2D eigenvalue weighted by Crippen LogP contribution is -2.90. The highest BCUT2D eigenvalue weighted by Gasteiger charge is 2.14. The second-order valence-corrected chi connectivity index (χ2v) is 5.48. The highest BCUT2D eigenvalue weighted by atomic mass is 35.5. The van der Waals surface area contributed by atoms with Crippen LogP contribution in [0.2, 0.25) is 10.0 Å². The molecular formula is C13H19Cl2N2O+. The molecule has 0 saturated carbocycles. The van der Waals surface area contributed by atoms with Crippen LogP contribution in [-0.2, 0) is 4.79 Å². The fraction of sp³-hybridized carbons (Fsp3) is 0.462. The molecule has 0 aliphatic rings. The summed E-state index contributed by atoms with van der Waals surface area (Å²) in [6.45, 7) is 6.43. The van der Waals surface area contributed by atoms with Gasteiger partial charge in [0, 0.05) is 10.0 Å². The molecule has 1 rings (SSSR count). The molecule has 0 radical (unpaired) electrons. The van der Waals surface area contributed by atoms with Gasteiger partial charge in [0.1, 0.15) is 0 Å². The quantitative estimate of drug-likeness (QED) is 0.857. The number of carbonyl (C=O) groups is 1. The van der Waals surface area contributed by atoms with Gasteiger partial charge in [-0.1, -0.05) is 29.3 Å². The first-order valence-corrected chi connectivity index (χ1v) is 6.73. The van der Waals surface area contributed by atoms with E-state index in [0.717, 1.165) is 5.56 Å². The zero-order chi connectivity index (χ0) is 13.7. The van der Waals surface area contributed by atoms with Crippen LogP contribution in [0.3, 0.4) is 0 Å². The number of nitrogens with one attached hydrogen (secondary N) is 1. The van der Waals surface area contributed by atoms with Gasteiger partial charge in [-0.05, 0) is 38.5 Å². The summed E-state index contributed by atoms with van der Waals surface area (Å²) in [5.74, 6) is 0.00205. The van der Waals surface area contributed by atoms with Gasteiger partial charge in [0.05, 0.1) is 12.1 Å². The molecule has 100 valence electrons. The molecule has 0 saturated heterocycles. The topological polar surface area (TPSA) is 45.7 Å². The van der Waals surface area contributed by atoms with Crippen molar-refractivity contribution in [1.82, 2.24) is 5.32 Å². The number of hydrogen-bond donors (Lipinski definition) is 2. The molecule has 3 nitrogen and oxygen atoms in total. The minimum Gasteiger partial charge on any atom is -0.345 e. The molecule has 0 bridgehead atoms. The second kappa shape index (κ2) is 6.98. The lowest BCUT2D eigenvalue weighted by Gasteiger charge is -2.15. The van der Waals surface area contributed by atoms with Crippen LogP contribution in [0, 0.1) is 0 Å². The SMILES string of the molecule is CC(C)[NH2+]CC(=O)N[C@H](C)c1ccc(Cl)cc1Cl. The highest BCUT2D eigenvalue weighted by Crippen LogP contribution is 2.25. The van der Waals surface area contributed by atoms with Crippen molar-refractivity contribution in [3.05, 3.63) is 33.8 Å². The molecule has 18 heavy (non-hydrogen) atoms. The normalized spacial score (nSPS) is 12.6. The fourth-order valence-corrected chi connectivity index (χ4v) is 2.15. The maximum Gasteiger partial charge on any atom is 0.275 e. The van der Waals surface area contributed by atoms with Crippen molar-refractivity contribution in [3.63, 3.8) is 0 Å². The van der Waals surface area contributed by atoms with Crippen molar-refractivity contribution in [2.24, 2.45) is 0 Å². The number of carbonyl (C=O) groups excluding carboxylic acids is 1. The van der Waals surface area contributed by atoms with Crippen molar-refractivity contribution in [1.29, 1.82) is 0 Å². The van der Waals surface area contributed by atoms with Crippen molar-refractivity contribution in [2.45, 2.75) is 32.9 Å². The number of hydrogen-bond acceptors (Lipinski definition) is 1. The molecule has 1 aromatic rings. The summed E-state index contributed by atoms with van der Waals surface area (Å²) in [6, 6.07) is 5.57. The molecule has 1 atom stereocenters. The molecule has 3 N–H and O–H groups in total. The van der Waals surface area contributed by atoms with E-state index in [0.29, 0.717) is 22.6 Å². The van der Waals surface area contributed by atoms with Gasteiger partial charge < -0.3 is 10.6 Å².